The van der Waals surface area contributed by atoms with Gasteiger partial charge in [-0.25, -0.2) is 0 Å². The molecule has 7 rings (SSSR count). The molecule has 0 atom stereocenters. The van der Waals surface area contributed by atoms with Gasteiger partial charge >= 0.3 is 0 Å². The van der Waals surface area contributed by atoms with E-state index < -0.39 is 0 Å². The Balaban J connectivity index is 1.49. The monoisotopic (exact) mass is 537 g/mol. The summed E-state index contributed by atoms with van der Waals surface area (Å²) >= 11 is 0. The van der Waals surface area contributed by atoms with E-state index in [1.165, 1.54) is 33.4 Å². The van der Waals surface area contributed by atoms with E-state index in [1.54, 1.807) is 0 Å². The Morgan fingerprint density at radius 2 is 0.452 bits per heavy atom. The van der Waals surface area contributed by atoms with Gasteiger partial charge in [-0.1, -0.05) is 72.8 Å². The molecule has 4 aromatic carbocycles. The molecule has 0 bridgehead atoms. The van der Waals surface area contributed by atoms with E-state index in [-0.39, 0.29) is 0 Å². The summed E-state index contributed by atoms with van der Waals surface area (Å²) in [4.78, 5) is 12.7. The van der Waals surface area contributed by atoms with E-state index in [2.05, 4.69) is 142 Å². The SMILES string of the molecule is c1ccc(-c2cc(-c3ccccc3-c3ccncc3)cc(-c3ccccc3-c3ccncc3)c2)c(-c2ccncc2)c1. The van der Waals surface area contributed by atoms with Crippen LogP contribution in [0.15, 0.2) is 165 Å². The third-order valence-corrected chi connectivity index (χ3v) is 7.62. The summed E-state index contributed by atoms with van der Waals surface area (Å²) in [7, 11) is 0. The van der Waals surface area contributed by atoms with Crippen molar-refractivity contribution in [3.8, 4) is 66.8 Å². The second-order valence-electron chi connectivity index (χ2n) is 10.1. The van der Waals surface area contributed by atoms with E-state index in [9.17, 15) is 0 Å². The number of aromatic nitrogens is 3. The Labute approximate surface area is 245 Å². The zero-order valence-electron chi connectivity index (χ0n) is 22.9. The minimum absolute atomic E-state index is 1.14. The molecule has 42 heavy (non-hydrogen) atoms. The van der Waals surface area contributed by atoms with E-state index in [0.717, 1.165) is 33.4 Å². The zero-order chi connectivity index (χ0) is 28.1. The van der Waals surface area contributed by atoms with Crippen LogP contribution in [0.25, 0.3) is 66.8 Å². The summed E-state index contributed by atoms with van der Waals surface area (Å²) < 4.78 is 0. The zero-order valence-corrected chi connectivity index (χ0v) is 22.9. The maximum Gasteiger partial charge on any atom is 0.0273 e. The van der Waals surface area contributed by atoms with Gasteiger partial charge < -0.3 is 0 Å². The first-order valence-corrected chi connectivity index (χ1v) is 14.0. The topological polar surface area (TPSA) is 38.7 Å². The summed E-state index contributed by atoms with van der Waals surface area (Å²) in [6.07, 6.45) is 11.1. The molecule has 3 nitrogen and oxygen atoms in total. The lowest BCUT2D eigenvalue weighted by molar-refractivity contribution is 1.33. The quantitative estimate of drug-likeness (QED) is 0.212. The predicted octanol–water partition coefficient (Wildman–Crippen LogP) is 9.87. The number of pyridine rings is 3. The molecular weight excluding hydrogens is 510 g/mol. The minimum atomic E-state index is 1.14. The van der Waals surface area contributed by atoms with Gasteiger partial charge in [-0.15, -0.1) is 0 Å². The maximum atomic E-state index is 4.25. The summed E-state index contributed by atoms with van der Waals surface area (Å²) in [5.41, 5.74) is 13.9. The highest BCUT2D eigenvalue weighted by Crippen LogP contribution is 2.41. The summed E-state index contributed by atoms with van der Waals surface area (Å²) in [6.45, 7) is 0. The van der Waals surface area contributed by atoms with Crippen LogP contribution in [-0.2, 0) is 0 Å². The van der Waals surface area contributed by atoms with Crippen LogP contribution in [0.5, 0.6) is 0 Å². The van der Waals surface area contributed by atoms with E-state index >= 15 is 0 Å². The van der Waals surface area contributed by atoms with E-state index in [4.69, 9.17) is 0 Å². The molecule has 7 aromatic rings. The number of rotatable bonds is 6. The van der Waals surface area contributed by atoms with Crippen molar-refractivity contribution >= 4 is 0 Å². The van der Waals surface area contributed by atoms with Crippen LogP contribution in [0, 0.1) is 0 Å². The second kappa shape index (κ2) is 11.4. The molecule has 0 unspecified atom stereocenters. The third-order valence-electron chi connectivity index (χ3n) is 7.62. The van der Waals surface area contributed by atoms with Crippen LogP contribution in [0.2, 0.25) is 0 Å². The first kappa shape index (κ1) is 25.3. The largest absolute Gasteiger partial charge is 0.265 e. The van der Waals surface area contributed by atoms with E-state index in [0.29, 0.717) is 0 Å². The molecule has 3 heteroatoms. The van der Waals surface area contributed by atoms with Gasteiger partial charge in [-0.05, 0) is 121 Å². The first-order valence-electron chi connectivity index (χ1n) is 14.0. The summed E-state index contributed by atoms with van der Waals surface area (Å²) in [5.74, 6) is 0. The normalized spacial score (nSPS) is 10.9. The van der Waals surface area contributed by atoms with Crippen molar-refractivity contribution < 1.29 is 0 Å². The molecule has 198 valence electrons. The van der Waals surface area contributed by atoms with Crippen LogP contribution in [-0.4, -0.2) is 15.0 Å². The molecule has 3 aromatic heterocycles. The fourth-order valence-corrected chi connectivity index (χ4v) is 5.65. The minimum Gasteiger partial charge on any atom is -0.265 e. The average molecular weight is 538 g/mol. The van der Waals surface area contributed by atoms with Crippen molar-refractivity contribution in [1.29, 1.82) is 0 Å². The van der Waals surface area contributed by atoms with Crippen LogP contribution < -0.4 is 0 Å². The Kier molecular flexibility index (Phi) is 6.89. The molecule has 0 aliphatic rings. The highest BCUT2D eigenvalue weighted by Gasteiger charge is 2.15. The van der Waals surface area contributed by atoms with Crippen LogP contribution in [0.3, 0.4) is 0 Å². The molecule has 0 aliphatic carbocycles. The van der Waals surface area contributed by atoms with Gasteiger partial charge in [0.1, 0.15) is 0 Å². The number of hydrogen-bond donors (Lipinski definition) is 0. The molecule has 0 saturated carbocycles. The highest BCUT2D eigenvalue weighted by molar-refractivity contribution is 5.93. The molecule has 0 N–H and O–H groups in total. The van der Waals surface area contributed by atoms with Crippen LogP contribution >= 0.6 is 0 Å². The lowest BCUT2D eigenvalue weighted by Crippen LogP contribution is -1.92. The average Bonchev–Trinajstić information content (AvgIpc) is 3.09. The molecule has 0 radical (unpaired) electrons. The van der Waals surface area contributed by atoms with Crippen LogP contribution in [0.1, 0.15) is 0 Å². The maximum absolute atomic E-state index is 4.25. The Bertz CT molecular complexity index is 1720. The predicted molar refractivity (Wildman–Crippen MR) is 172 cm³/mol. The highest BCUT2D eigenvalue weighted by atomic mass is 14.6. The number of benzene rings is 4. The number of hydrogen-bond acceptors (Lipinski definition) is 3. The second-order valence-corrected chi connectivity index (χ2v) is 10.1. The van der Waals surface area contributed by atoms with Gasteiger partial charge in [-0.2, -0.15) is 0 Å². The Morgan fingerprint density at radius 3 is 0.690 bits per heavy atom. The number of nitrogens with zero attached hydrogens (tertiary/aromatic N) is 3. The van der Waals surface area contributed by atoms with Gasteiger partial charge in [0.15, 0.2) is 0 Å². The van der Waals surface area contributed by atoms with Gasteiger partial charge in [-0.3, -0.25) is 15.0 Å². The molecule has 0 spiro atoms. The van der Waals surface area contributed by atoms with Gasteiger partial charge in [0.05, 0.1) is 0 Å². The van der Waals surface area contributed by atoms with Gasteiger partial charge in [0.25, 0.3) is 0 Å². The fraction of sp³-hybridized carbons (Fsp3) is 0. The summed E-state index contributed by atoms with van der Waals surface area (Å²) in [6, 6.07) is 45.2. The van der Waals surface area contributed by atoms with E-state index in [1.807, 2.05) is 37.2 Å². The molecule has 3 heterocycles. The molecular formula is C39H27N3. The van der Waals surface area contributed by atoms with Crippen molar-refractivity contribution in [1.82, 2.24) is 15.0 Å². The standard InChI is InChI=1S/C39H27N3/c1-4-10-37(34(7-1)28-13-19-40-20-14-28)31-25-32(38-11-5-2-8-35(38)29-15-21-41-22-16-29)27-33(26-31)39-12-6-3-9-36(39)30-17-23-42-24-18-30/h1-27H. The summed E-state index contributed by atoms with van der Waals surface area (Å²) in [5, 5.41) is 0. The lowest BCUT2D eigenvalue weighted by atomic mass is 9.86. The lowest BCUT2D eigenvalue weighted by Gasteiger charge is -2.17. The first-order chi connectivity index (χ1) is 20.8. The van der Waals surface area contributed by atoms with Crippen molar-refractivity contribution in [2.75, 3.05) is 0 Å². The van der Waals surface area contributed by atoms with Crippen molar-refractivity contribution in [2.24, 2.45) is 0 Å². The van der Waals surface area contributed by atoms with Crippen molar-refractivity contribution in [3.05, 3.63) is 165 Å². The fourth-order valence-electron chi connectivity index (χ4n) is 5.65. The Hall–Kier alpha value is -5.67. The molecule has 0 aliphatic heterocycles. The smallest absolute Gasteiger partial charge is 0.0273 e. The van der Waals surface area contributed by atoms with Crippen molar-refractivity contribution in [3.63, 3.8) is 0 Å². The molecule has 0 saturated heterocycles. The Morgan fingerprint density at radius 1 is 0.238 bits per heavy atom. The molecule has 0 fully saturated rings. The van der Waals surface area contributed by atoms with Gasteiger partial charge in [0.2, 0.25) is 0 Å². The third kappa shape index (κ3) is 5.00. The molecule has 0 amide bonds. The van der Waals surface area contributed by atoms with Crippen LogP contribution in [0.4, 0.5) is 0 Å². The van der Waals surface area contributed by atoms with Crippen molar-refractivity contribution in [2.45, 2.75) is 0 Å². The van der Waals surface area contributed by atoms with Gasteiger partial charge in [0, 0.05) is 37.2 Å².